The van der Waals surface area contributed by atoms with Gasteiger partial charge in [0.25, 0.3) is 0 Å². The van der Waals surface area contributed by atoms with Gasteiger partial charge in [-0.3, -0.25) is 0 Å². The van der Waals surface area contributed by atoms with Gasteiger partial charge in [-0.2, -0.15) is 0 Å². The van der Waals surface area contributed by atoms with E-state index in [-0.39, 0.29) is 0 Å². The number of benzene rings is 1. The van der Waals surface area contributed by atoms with E-state index in [4.69, 9.17) is 10.2 Å². The largest absolute Gasteiger partial charge is 0.466 e. The van der Waals surface area contributed by atoms with Gasteiger partial charge < -0.3 is 15.5 Å². The molecule has 0 aliphatic heterocycles. The summed E-state index contributed by atoms with van der Waals surface area (Å²) in [5.41, 5.74) is 10.3. The summed E-state index contributed by atoms with van der Waals surface area (Å²) in [7, 11) is 0. The van der Waals surface area contributed by atoms with Crippen molar-refractivity contribution in [3.63, 3.8) is 0 Å². The Balaban J connectivity index is 2.05. The Hall–Kier alpha value is -2.23. The molecule has 0 spiro atoms. The summed E-state index contributed by atoms with van der Waals surface area (Å²) in [6.07, 6.45) is 0. The summed E-state index contributed by atoms with van der Waals surface area (Å²) in [6.45, 7) is 8.50. The van der Waals surface area contributed by atoms with Crippen LogP contribution in [-0.2, 0) is 6.54 Å². The van der Waals surface area contributed by atoms with Crippen LogP contribution in [-0.4, -0.2) is 5.96 Å². The standard InChI is InChI=1S/C16H21N3O/c1-10-5-11(2)7-15(6-10)19-16(17)18-9-14-8-12(3)20-13(14)4/h5-8H,9H2,1-4H3,(H3,17,18,19). The van der Waals surface area contributed by atoms with Crippen molar-refractivity contribution in [2.75, 3.05) is 5.32 Å². The second kappa shape index (κ2) is 5.82. The van der Waals surface area contributed by atoms with E-state index in [9.17, 15) is 0 Å². The van der Waals surface area contributed by atoms with Crippen molar-refractivity contribution in [2.45, 2.75) is 34.2 Å². The van der Waals surface area contributed by atoms with Crippen LogP contribution in [0, 0.1) is 27.7 Å². The zero-order valence-corrected chi connectivity index (χ0v) is 12.4. The molecule has 0 bridgehead atoms. The first kappa shape index (κ1) is 14.2. The molecule has 0 aliphatic rings. The van der Waals surface area contributed by atoms with Crippen molar-refractivity contribution in [2.24, 2.45) is 10.7 Å². The van der Waals surface area contributed by atoms with Crippen molar-refractivity contribution < 1.29 is 4.42 Å². The highest BCUT2D eigenvalue weighted by Crippen LogP contribution is 2.15. The number of hydrogen-bond donors (Lipinski definition) is 2. The molecule has 2 rings (SSSR count). The maximum atomic E-state index is 5.92. The molecule has 0 saturated carbocycles. The van der Waals surface area contributed by atoms with Gasteiger partial charge in [0.2, 0.25) is 0 Å². The average Bonchev–Trinajstić information content (AvgIpc) is 2.64. The summed E-state index contributed by atoms with van der Waals surface area (Å²) < 4.78 is 5.47. The van der Waals surface area contributed by atoms with Crippen LogP contribution in [0.2, 0.25) is 0 Å². The quantitative estimate of drug-likeness (QED) is 0.664. The van der Waals surface area contributed by atoms with E-state index < -0.39 is 0 Å². The molecule has 0 aliphatic carbocycles. The molecule has 0 radical (unpaired) electrons. The van der Waals surface area contributed by atoms with E-state index in [2.05, 4.69) is 30.2 Å². The van der Waals surface area contributed by atoms with Crippen LogP contribution in [0.5, 0.6) is 0 Å². The second-order valence-electron chi connectivity index (χ2n) is 5.14. The fourth-order valence-electron chi connectivity index (χ4n) is 2.25. The minimum absolute atomic E-state index is 0.410. The maximum absolute atomic E-state index is 5.92. The molecule has 1 aromatic carbocycles. The minimum Gasteiger partial charge on any atom is -0.466 e. The summed E-state index contributed by atoms with van der Waals surface area (Å²) in [5.74, 6) is 2.20. The number of nitrogens with zero attached hydrogens (tertiary/aromatic N) is 1. The number of nitrogens with one attached hydrogen (secondary N) is 1. The monoisotopic (exact) mass is 271 g/mol. The Bertz CT molecular complexity index is 621. The summed E-state index contributed by atoms with van der Waals surface area (Å²) in [4.78, 5) is 4.35. The van der Waals surface area contributed by atoms with Crippen LogP contribution in [0.25, 0.3) is 0 Å². The molecule has 4 heteroatoms. The van der Waals surface area contributed by atoms with Gasteiger partial charge in [-0.25, -0.2) is 4.99 Å². The van der Waals surface area contributed by atoms with Gasteiger partial charge in [-0.1, -0.05) is 6.07 Å². The topological polar surface area (TPSA) is 63.5 Å². The van der Waals surface area contributed by atoms with Crippen molar-refractivity contribution >= 4 is 11.6 Å². The lowest BCUT2D eigenvalue weighted by Gasteiger charge is -2.07. The number of anilines is 1. The zero-order valence-electron chi connectivity index (χ0n) is 12.4. The Morgan fingerprint density at radius 1 is 1.10 bits per heavy atom. The fraction of sp³-hybridized carbons (Fsp3) is 0.312. The highest BCUT2D eigenvalue weighted by molar-refractivity contribution is 5.92. The number of aryl methyl sites for hydroxylation is 4. The van der Waals surface area contributed by atoms with Gasteiger partial charge in [-0.05, 0) is 57.0 Å². The number of hydrogen-bond acceptors (Lipinski definition) is 2. The SMILES string of the molecule is Cc1cc(C)cc(NC(N)=NCc2cc(C)oc2C)c1. The van der Waals surface area contributed by atoms with Crippen molar-refractivity contribution in [1.82, 2.24) is 0 Å². The van der Waals surface area contributed by atoms with E-state index in [1.165, 1.54) is 11.1 Å². The van der Waals surface area contributed by atoms with Crippen LogP contribution >= 0.6 is 0 Å². The molecule has 4 nitrogen and oxygen atoms in total. The number of aliphatic imine (C=N–C) groups is 1. The average molecular weight is 271 g/mol. The van der Waals surface area contributed by atoms with Gasteiger partial charge >= 0.3 is 0 Å². The third-order valence-corrected chi connectivity index (χ3v) is 3.06. The third-order valence-electron chi connectivity index (χ3n) is 3.06. The Kier molecular flexibility index (Phi) is 4.13. The van der Waals surface area contributed by atoms with E-state index in [1.54, 1.807) is 0 Å². The van der Waals surface area contributed by atoms with Gasteiger partial charge in [0.05, 0.1) is 6.54 Å². The van der Waals surface area contributed by atoms with Gasteiger partial charge in [0.15, 0.2) is 5.96 Å². The second-order valence-corrected chi connectivity index (χ2v) is 5.14. The van der Waals surface area contributed by atoms with Gasteiger partial charge in [-0.15, -0.1) is 0 Å². The molecular weight excluding hydrogens is 250 g/mol. The van der Waals surface area contributed by atoms with E-state index in [0.29, 0.717) is 12.5 Å². The predicted octanol–water partition coefficient (Wildman–Crippen LogP) is 3.44. The smallest absolute Gasteiger partial charge is 0.193 e. The molecule has 1 heterocycles. The molecule has 0 atom stereocenters. The van der Waals surface area contributed by atoms with Crippen LogP contribution in [0.3, 0.4) is 0 Å². The highest BCUT2D eigenvalue weighted by Gasteiger charge is 2.04. The first-order valence-corrected chi connectivity index (χ1v) is 6.65. The summed E-state index contributed by atoms with van der Waals surface area (Å²) in [6, 6.07) is 8.20. The first-order valence-electron chi connectivity index (χ1n) is 6.65. The van der Waals surface area contributed by atoms with Crippen LogP contribution in [0.15, 0.2) is 33.7 Å². The van der Waals surface area contributed by atoms with Crippen molar-refractivity contribution in [3.8, 4) is 0 Å². The highest BCUT2D eigenvalue weighted by atomic mass is 16.3. The van der Waals surface area contributed by atoms with Crippen molar-refractivity contribution in [3.05, 3.63) is 52.5 Å². The predicted molar refractivity (Wildman–Crippen MR) is 83.0 cm³/mol. The van der Waals surface area contributed by atoms with Crippen LogP contribution < -0.4 is 11.1 Å². The number of rotatable bonds is 3. The van der Waals surface area contributed by atoms with Crippen LogP contribution in [0.4, 0.5) is 5.69 Å². The molecule has 0 fully saturated rings. The molecule has 106 valence electrons. The Morgan fingerprint density at radius 3 is 2.30 bits per heavy atom. The summed E-state index contributed by atoms with van der Waals surface area (Å²) in [5, 5.41) is 3.12. The normalized spacial score (nSPS) is 11.7. The van der Waals surface area contributed by atoms with Gasteiger partial charge in [0.1, 0.15) is 11.5 Å². The number of guanidine groups is 1. The molecule has 0 saturated heterocycles. The van der Waals surface area contributed by atoms with E-state index in [0.717, 1.165) is 22.8 Å². The van der Waals surface area contributed by atoms with Crippen LogP contribution in [0.1, 0.15) is 28.2 Å². The fourth-order valence-corrected chi connectivity index (χ4v) is 2.25. The lowest BCUT2D eigenvalue weighted by molar-refractivity contribution is 0.501. The molecule has 1 aromatic heterocycles. The summed E-state index contributed by atoms with van der Waals surface area (Å²) >= 11 is 0. The maximum Gasteiger partial charge on any atom is 0.193 e. The first-order chi connectivity index (χ1) is 9.44. The molecule has 3 N–H and O–H groups in total. The lowest BCUT2D eigenvalue weighted by atomic mass is 10.1. The number of nitrogens with two attached hydrogens (primary N) is 1. The lowest BCUT2D eigenvalue weighted by Crippen LogP contribution is -2.22. The third kappa shape index (κ3) is 3.63. The van der Waals surface area contributed by atoms with E-state index >= 15 is 0 Å². The Labute approximate surface area is 119 Å². The molecule has 2 aromatic rings. The molecule has 20 heavy (non-hydrogen) atoms. The van der Waals surface area contributed by atoms with Crippen molar-refractivity contribution in [1.29, 1.82) is 0 Å². The van der Waals surface area contributed by atoms with E-state index in [1.807, 2.05) is 32.0 Å². The minimum atomic E-state index is 0.410. The molecule has 0 unspecified atom stereocenters. The van der Waals surface area contributed by atoms with Gasteiger partial charge in [0, 0.05) is 11.3 Å². The Morgan fingerprint density at radius 2 is 1.75 bits per heavy atom. The molecule has 0 amide bonds. The zero-order chi connectivity index (χ0) is 14.7. The molecular formula is C16H21N3O. The number of furan rings is 1.